The van der Waals surface area contributed by atoms with Crippen molar-refractivity contribution >= 4 is 86.0 Å². The van der Waals surface area contributed by atoms with Crippen LogP contribution in [0.15, 0.2) is 174 Å². The summed E-state index contributed by atoms with van der Waals surface area (Å²) in [6, 6.07) is 59.5. The Bertz CT molecular complexity index is 3430. The number of rotatable bonds is 4. The van der Waals surface area contributed by atoms with Crippen LogP contribution in [-0.2, 0) is 0 Å². The summed E-state index contributed by atoms with van der Waals surface area (Å²) in [5.41, 5.74) is 7.67. The highest BCUT2D eigenvalue weighted by molar-refractivity contribution is 7.26. The second kappa shape index (κ2) is 11.7. The summed E-state index contributed by atoms with van der Waals surface area (Å²) in [6.45, 7) is 0. The van der Waals surface area contributed by atoms with Crippen molar-refractivity contribution in [3.8, 4) is 39.9 Å². The Kier molecular flexibility index (Phi) is 6.44. The van der Waals surface area contributed by atoms with Gasteiger partial charge in [-0.1, -0.05) is 121 Å². The number of hydrogen-bond acceptors (Lipinski definition) is 5. The summed E-state index contributed by atoms with van der Waals surface area (Å²) in [7, 11) is 0. The number of hydrogen-bond donors (Lipinski definition) is 0. The van der Waals surface area contributed by atoms with E-state index in [-0.39, 0.29) is 0 Å². The molecule has 0 aliphatic carbocycles. The molecule has 0 bridgehead atoms. The van der Waals surface area contributed by atoms with Crippen molar-refractivity contribution in [1.82, 2.24) is 19.5 Å². The van der Waals surface area contributed by atoms with E-state index < -0.39 is 0 Å². The molecule has 12 rings (SSSR count). The molecular weight excluding hydrogens is 693 g/mol. The van der Waals surface area contributed by atoms with Crippen LogP contribution in [0.25, 0.3) is 115 Å². The predicted molar refractivity (Wildman–Crippen MR) is 228 cm³/mol. The predicted octanol–water partition coefficient (Wildman–Crippen LogP) is 13.4. The first-order chi connectivity index (χ1) is 27.3. The smallest absolute Gasteiger partial charge is 0.167 e. The van der Waals surface area contributed by atoms with E-state index in [1.807, 2.05) is 72.0 Å². The Labute approximate surface area is 318 Å². The topological polar surface area (TPSA) is 56.7 Å². The van der Waals surface area contributed by atoms with Crippen molar-refractivity contribution in [1.29, 1.82) is 0 Å². The molecule has 8 aromatic carbocycles. The first kappa shape index (κ1) is 30.3. The first-order valence-electron chi connectivity index (χ1n) is 18.4. The van der Waals surface area contributed by atoms with Gasteiger partial charge in [0.25, 0.3) is 0 Å². The minimum Gasteiger partial charge on any atom is -0.455 e. The Hall–Kier alpha value is -7.15. The normalized spacial score (nSPS) is 12.0. The quantitative estimate of drug-likeness (QED) is 0.182. The summed E-state index contributed by atoms with van der Waals surface area (Å²) in [6.07, 6.45) is 0. The third-order valence-corrected chi connectivity index (χ3v) is 12.0. The lowest BCUT2D eigenvalue weighted by atomic mass is 9.99. The van der Waals surface area contributed by atoms with Crippen molar-refractivity contribution < 1.29 is 4.42 Å². The zero-order valence-corrected chi connectivity index (χ0v) is 30.1. The lowest BCUT2D eigenvalue weighted by molar-refractivity contribution is 0.669. The molecular formula is C49H28N4OS. The van der Waals surface area contributed by atoms with E-state index in [0.717, 1.165) is 55.1 Å². The third kappa shape index (κ3) is 4.55. The highest BCUT2D eigenvalue weighted by Gasteiger charge is 2.22. The van der Waals surface area contributed by atoms with Crippen molar-refractivity contribution in [2.75, 3.05) is 0 Å². The summed E-state index contributed by atoms with van der Waals surface area (Å²) >= 11 is 1.86. The lowest BCUT2D eigenvalue weighted by Gasteiger charge is -2.10. The maximum atomic E-state index is 6.87. The van der Waals surface area contributed by atoms with Gasteiger partial charge in [0.15, 0.2) is 17.5 Å². The van der Waals surface area contributed by atoms with Gasteiger partial charge in [-0.25, -0.2) is 15.0 Å². The second-order valence-corrected chi connectivity index (χ2v) is 15.0. The van der Waals surface area contributed by atoms with Gasteiger partial charge in [-0.15, -0.1) is 11.3 Å². The fourth-order valence-corrected chi connectivity index (χ4v) is 9.51. The Balaban J connectivity index is 1.14. The van der Waals surface area contributed by atoms with Gasteiger partial charge >= 0.3 is 0 Å². The molecule has 4 heterocycles. The van der Waals surface area contributed by atoms with Crippen molar-refractivity contribution in [2.45, 2.75) is 0 Å². The zero-order valence-electron chi connectivity index (χ0n) is 29.3. The average molecular weight is 721 g/mol. The monoisotopic (exact) mass is 720 g/mol. The van der Waals surface area contributed by atoms with E-state index in [9.17, 15) is 0 Å². The van der Waals surface area contributed by atoms with Crippen LogP contribution < -0.4 is 0 Å². The molecule has 0 spiro atoms. The SMILES string of the molecule is c1ccc(-c2nc(-c3ccccc3)nc(-c3cc4ccccc4c4c3oc3ccc(-n5c6ccccc6c6c7c(ccc65)sc5ccccc57)cc34)n2)cc1. The van der Waals surface area contributed by atoms with Gasteiger partial charge in [0.2, 0.25) is 0 Å². The van der Waals surface area contributed by atoms with Crippen LogP contribution in [0.3, 0.4) is 0 Å². The maximum absolute atomic E-state index is 6.87. The van der Waals surface area contributed by atoms with Crippen LogP contribution in [0.4, 0.5) is 0 Å². The minimum absolute atomic E-state index is 0.567. The number of para-hydroxylation sites is 1. The zero-order chi connectivity index (χ0) is 36.0. The van der Waals surface area contributed by atoms with Crippen molar-refractivity contribution in [3.63, 3.8) is 0 Å². The Morgan fingerprint density at radius 3 is 1.87 bits per heavy atom. The van der Waals surface area contributed by atoms with Crippen LogP contribution in [-0.4, -0.2) is 19.5 Å². The molecule has 0 amide bonds. The fourth-order valence-electron chi connectivity index (χ4n) is 8.40. The minimum atomic E-state index is 0.567. The number of benzene rings is 8. The molecule has 55 heavy (non-hydrogen) atoms. The molecule has 5 nitrogen and oxygen atoms in total. The molecule has 6 heteroatoms. The van der Waals surface area contributed by atoms with Gasteiger partial charge in [0, 0.05) is 58.5 Å². The van der Waals surface area contributed by atoms with Crippen LogP contribution in [0, 0.1) is 0 Å². The van der Waals surface area contributed by atoms with Crippen molar-refractivity contribution in [3.05, 3.63) is 170 Å². The molecule has 0 aliphatic heterocycles. The van der Waals surface area contributed by atoms with Crippen LogP contribution >= 0.6 is 11.3 Å². The summed E-state index contributed by atoms with van der Waals surface area (Å²) in [4.78, 5) is 15.2. The maximum Gasteiger partial charge on any atom is 0.167 e. The summed E-state index contributed by atoms with van der Waals surface area (Å²) in [5.74, 6) is 1.79. The average Bonchev–Trinajstić information content (AvgIpc) is 3.93. The summed E-state index contributed by atoms with van der Waals surface area (Å²) in [5, 5.41) is 9.44. The largest absolute Gasteiger partial charge is 0.455 e. The molecule has 0 unspecified atom stereocenters. The lowest BCUT2D eigenvalue weighted by Crippen LogP contribution is -2.00. The number of nitrogens with zero attached hydrogens (tertiary/aromatic N) is 4. The number of fused-ring (bicyclic) bond motifs is 12. The molecule has 0 N–H and O–H groups in total. The van der Waals surface area contributed by atoms with Crippen LogP contribution in [0.5, 0.6) is 0 Å². The molecule has 12 aromatic rings. The van der Waals surface area contributed by atoms with Crippen LogP contribution in [0.1, 0.15) is 0 Å². The van der Waals surface area contributed by atoms with E-state index in [4.69, 9.17) is 19.4 Å². The van der Waals surface area contributed by atoms with E-state index >= 15 is 0 Å². The van der Waals surface area contributed by atoms with Gasteiger partial charge < -0.3 is 8.98 Å². The van der Waals surface area contributed by atoms with Gasteiger partial charge in [0.1, 0.15) is 11.2 Å². The molecule has 0 radical (unpaired) electrons. The number of aromatic nitrogens is 4. The van der Waals surface area contributed by atoms with Gasteiger partial charge in [-0.3, -0.25) is 0 Å². The molecule has 0 saturated heterocycles. The highest BCUT2D eigenvalue weighted by Crippen LogP contribution is 2.45. The second-order valence-electron chi connectivity index (χ2n) is 14.0. The number of thiophene rings is 1. The molecule has 0 aliphatic rings. The molecule has 4 aromatic heterocycles. The molecule has 0 fully saturated rings. The first-order valence-corrected chi connectivity index (χ1v) is 19.2. The van der Waals surface area contributed by atoms with E-state index in [0.29, 0.717) is 17.5 Å². The van der Waals surface area contributed by atoms with Crippen molar-refractivity contribution in [2.24, 2.45) is 0 Å². The fraction of sp³-hybridized carbons (Fsp3) is 0. The van der Waals surface area contributed by atoms with Gasteiger partial charge in [0.05, 0.1) is 16.6 Å². The highest BCUT2D eigenvalue weighted by atomic mass is 32.1. The van der Waals surface area contributed by atoms with E-state index in [1.165, 1.54) is 42.0 Å². The molecule has 0 saturated carbocycles. The van der Waals surface area contributed by atoms with Gasteiger partial charge in [-0.2, -0.15) is 0 Å². The van der Waals surface area contributed by atoms with Gasteiger partial charge in [-0.05, 0) is 59.3 Å². The standard InChI is InChI=1S/C49H28N4OS/c1-3-13-29(14-4-1)47-50-48(30-15-5-2-6-16-30)52-49(51-47)37-27-31-17-7-8-18-33(31)43-36-28-32(23-25-40(36)54-46(37)43)53-38-21-11-9-19-34(38)44-39(53)24-26-42-45(44)35-20-10-12-22-41(35)55-42/h1-28H. The van der Waals surface area contributed by atoms with E-state index in [1.54, 1.807) is 0 Å². The Morgan fingerprint density at radius 2 is 1.09 bits per heavy atom. The Morgan fingerprint density at radius 1 is 0.436 bits per heavy atom. The van der Waals surface area contributed by atoms with E-state index in [2.05, 4.69) is 114 Å². The van der Waals surface area contributed by atoms with Crippen LogP contribution in [0.2, 0.25) is 0 Å². The third-order valence-electron chi connectivity index (χ3n) is 10.8. The molecule has 256 valence electrons. The molecule has 0 atom stereocenters. The number of furan rings is 1. The summed E-state index contributed by atoms with van der Waals surface area (Å²) < 4.78 is 11.9.